The third-order valence-corrected chi connectivity index (χ3v) is 2.99. The molecular formula is C16H27NO2. The summed E-state index contributed by atoms with van der Waals surface area (Å²) in [6.45, 7) is 8.21. The van der Waals surface area contributed by atoms with Crippen LogP contribution in [0.4, 0.5) is 0 Å². The van der Waals surface area contributed by atoms with Crippen molar-refractivity contribution in [3.05, 3.63) is 29.8 Å². The summed E-state index contributed by atoms with van der Waals surface area (Å²) in [5.74, 6) is 0.328. The minimum Gasteiger partial charge on any atom is -0.508 e. The summed E-state index contributed by atoms with van der Waals surface area (Å²) in [5.41, 5.74) is 1.25. The quantitative estimate of drug-likeness (QED) is 0.674. The molecule has 0 radical (unpaired) electrons. The number of rotatable bonds is 9. The molecule has 0 aliphatic heterocycles. The fraction of sp³-hybridized carbons (Fsp3) is 0.625. The second-order valence-corrected chi connectivity index (χ2v) is 5.35. The molecular weight excluding hydrogens is 238 g/mol. The SMILES string of the molecule is CC(Cc1ccc(O)cc1)NCCCCOC(C)C. The van der Waals surface area contributed by atoms with Crippen molar-refractivity contribution in [1.82, 2.24) is 5.32 Å². The standard InChI is InChI=1S/C16H27NO2/c1-13(2)19-11-5-4-10-17-14(3)12-15-6-8-16(18)9-7-15/h6-9,13-14,17-18H,4-5,10-12H2,1-3H3. The lowest BCUT2D eigenvalue weighted by Crippen LogP contribution is -2.29. The number of phenolic OH excluding ortho intramolecular Hbond substituents is 1. The zero-order valence-corrected chi connectivity index (χ0v) is 12.4. The second-order valence-electron chi connectivity index (χ2n) is 5.35. The average molecular weight is 265 g/mol. The highest BCUT2D eigenvalue weighted by Crippen LogP contribution is 2.11. The highest BCUT2D eigenvalue weighted by molar-refractivity contribution is 5.26. The van der Waals surface area contributed by atoms with Gasteiger partial charge in [0.1, 0.15) is 5.75 Å². The zero-order chi connectivity index (χ0) is 14.1. The van der Waals surface area contributed by atoms with Crippen molar-refractivity contribution < 1.29 is 9.84 Å². The summed E-state index contributed by atoms with van der Waals surface area (Å²) < 4.78 is 5.50. The summed E-state index contributed by atoms with van der Waals surface area (Å²) in [5, 5.41) is 12.7. The Bertz CT molecular complexity index is 335. The van der Waals surface area contributed by atoms with Gasteiger partial charge in [-0.3, -0.25) is 0 Å². The molecule has 0 aromatic heterocycles. The lowest BCUT2D eigenvalue weighted by atomic mass is 10.1. The number of phenols is 1. The number of unbranched alkanes of at least 4 members (excludes halogenated alkanes) is 1. The Labute approximate surface area is 117 Å². The highest BCUT2D eigenvalue weighted by atomic mass is 16.5. The van der Waals surface area contributed by atoms with Crippen LogP contribution in [0.2, 0.25) is 0 Å². The van der Waals surface area contributed by atoms with Gasteiger partial charge in [-0.05, 0) is 64.3 Å². The Kier molecular flexibility index (Phi) is 7.53. The summed E-state index contributed by atoms with van der Waals surface area (Å²) in [7, 11) is 0. The third-order valence-electron chi connectivity index (χ3n) is 2.99. The largest absolute Gasteiger partial charge is 0.508 e. The van der Waals surface area contributed by atoms with E-state index in [0.717, 1.165) is 32.4 Å². The van der Waals surface area contributed by atoms with E-state index in [1.54, 1.807) is 12.1 Å². The molecule has 0 amide bonds. The van der Waals surface area contributed by atoms with E-state index in [2.05, 4.69) is 26.1 Å². The van der Waals surface area contributed by atoms with Gasteiger partial charge < -0.3 is 15.2 Å². The molecule has 0 bridgehead atoms. The molecule has 2 N–H and O–H groups in total. The van der Waals surface area contributed by atoms with Crippen molar-refractivity contribution in [3.8, 4) is 5.75 Å². The fourth-order valence-electron chi connectivity index (χ4n) is 1.95. The summed E-state index contributed by atoms with van der Waals surface area (Å²) >= 11 is 0. The van der Waals surface area contributed by atoms with Gasteiger partial charge in [0.05, 0.1) is 6.10 Å². The predicted molar refractivity (Wildman–Crippen MR) is 79.6 cm³/mol. The minimum absolute atomic E-state index is 0.328. The predicted octanol–water partition coefficient (Wildman–Crippen LogP) is 3.12. The molecule has 1 unspecified atom stereocenters. The van der Waals surface area contributed by atoms with Crippen molar-refractivity contribution in [2.24, 2.45) is 0 Å². The molecule has 108 valence electrons. The Hall–Kier alpha value is -1.06. The van der Waals surface area contributed by atoms with E-state index in [1.807, 2.05) is 12.1 Å². The van der Waals surface area contributed by atoms with Crippen LogP contribution in [-0.2, 0) is 11.2 Å². The molecule has 0 fully saturated rings. The Morgan fingerprint density at radius 3 is 2.42 bits per heavy atom. The number of ether oxygens (including phenoxy) is 1. The average Bonchev–Trinajstić information content (AvgIpc) is 2.36. The van der Waals surface area contributed by atoms with Gasteiger partial charge in [0, 0.05) is 12.6 Å². The van der Waals surface area contributed by atoms with E-state index in [9.17, 15) is 5.11 Å². The van der Waals surface area contributed by atoms with Gasteiger partial charge in [0.25, 0.3) is 0 Å². The highest BCUT2D eigenvalue weighted by Gasteiger charge is 2.02. The number of aromatic hydroxyl groups is 1. The van der Waals surface area contributed by atoms with Crippen LogP contribution in [0.15, 0.2) is 24.3 Å². The molecule has 1 rings (SSSR count). The summed E-state index contributed by atoms with van der Waals surface area (Å²) in [6.07, 6.45) is 3.58. The number of hydrogen-bond acceptors (Lipinski definition) is 3. The van der Waals surface area contributed by atoms with Crippen molar-refractivity contribution in [2.45, 2.75) is 52.2 Å². The maximum atomic E-state index is 9.23. The number of nitrogens with one attached hydrogen (secondary N) is 1. The van der Waals surface area contributed by atoms with Gasteiger partial charge in [-0.25, -0.2) is 0 Å². The number of hydrogen-bond donors (Lipinski definition) is 2. The van der Waals surface area contributed by atoms with Crippen LogP contribution < -0.4 is 5.32 Å². The number of benzene rings is 1. The first-order valence-corrected chi connectivity index (χ1v) is 7.21. The smallest absolute Gasteiger partial charge is 0.115 e. The Morgan fingerprint density at radius 1 is 1.11 bits per heavy atom. The molecule has 0 aliphatic rings. The van der Waals surface area contributed by atoms with E-state index in [0.29, 0.717) is 17.9 Å². The van der Waals surface area contributed by atoms with Crippen molar-refractivity contribution in [3.63, 3.8) is 0 Å². The minimum atomic E-state index is 0.328. The summed E-state index contributed by atoms with van der Waals surface area (Å²) in [6, 6.07) is 7.89. The van der Waals surface area contributed by atoms with Gasteiger partial charge in [0.2, 0.25) is 0 Å². The molecule has 3 heteroatoms. The molecule has 1 aromatic carbocycles. The second kappa shape index (κ2) is 8.94. The van der Waals surface area contributed by atoms with Gasteiger partial charge in [0.15, 0.2) is 0 Å². The normalized spacial score (nSPS) is 12.8. The lowest BCUT2D eigenvalue weighted by Gasteiger charge is -2.14. The third kappa shape index (κ3) is 7.85. The molecule has 1 atom stereocenters. The van der Waals surface area contributed by atoms with Gasteiger partial charge in [-0.1, -0.05) is 12.1 Å². The van der Waals surface area contributed by atoms with Crippen LogP contribution >= 0.6 is 0 Å². The first-order valence-electron chi connectivity index (χ1n) is 7.21. The maximum Gasteiger partial charge on any atom is 0.115 e. The molecule has 19 heavy (non-hydrogen) atoms. The molecule has 1 aromatic rings. The topological polar surface area (TPSA) is 41.5 Å². The lowest BCUT2D eigenvalue weighted by molar-refractivity contribution is 0.0759. The van der Waals surface area contributed by atoms with Gasteiger partial charge in [-0.15, -0.1) is 0 Å². The van der Waals surface area contributed by atoms with Gasteiger partial charge >= 0.3 is 0 Å². The summed E-state index contributed by atoms with van der Waals surface area (Å²) in [4.78, 5) is 0. The van der Waals surface area contributed by atoms with E-state index in [-0.39, 0.29) is 0 Å². The van der Waals surface area contributed by atoms with Crippen LogP contribution in [0.3, 0.4) is 0 Å². The zero-order valence-electron chi connectivity index (χ0n) is 12.4. The van der Waals surface area contributed by atoms with Crippen molar-refractivity contribution in [1.29, 1.82) is 0 Å². The fourth-order valence-corrected chi connectivity index (χ4v) is 1.95. The van der Waals surface area contributed by atoms with E-state index in [4.69, 9.17) is 4.74 Å². The molecule has 0 saturated heterocycles. The first kappa shape index (κ1) is 16.0. The van der Waals surface area contributed by atoms with Crippen molar-refractivity contribution in [2.75, 3.05) is 13.2 Å². The Balaban J connectivity index is 2.08. The van der Waals surface area contributed by atoms with Crippen LogP contribution in [0.25, 0.3) is 0 Å². The first-order chi connectivity index (χ1) is 9.08. The van der Waals surface area contributed by atoms with Crippen molar-refractivity contribution >= 4 is 0 Å². The molecule has 0 saturated carbocycles. The molecule has 0 spiro atoms. The Morgan fingerprint density at radius 2 is 1.79 bits per heavy atom. The van der Waals surface area contributed by atoms with E-state index >= 15 is 0 Å². The van der Waals surface area contributed by atoms with Crippen LogP contribution in [0, 0.1) is 0 Å². The maximum absolute atomic E-state index is 9.23. The van der Waals surface area contributed by atoms with E-state index in [1.165, 1.54) is 5.56 Å². The van der Waals surface area contributed by atoms with E-state index < -0.39 is 0 Å². The van der Waals surface area contributed by atoms with Gasteiger partial charge in [-0.2, -0.15) is 0 Å². The monoisotopic (exact) mass is 265 g/mol. The molecule has 0 aliphatic carbocycles. The van der Waals surface area contributed by atoms with Crippen LogP contribution in [0.5, 0.6) is 5.75 Å². The van der Waals surface area contributed by atoms with Crippen LogP contribution in [0.1, 0.15) is 39.2 Å². The molecule has 3 nitrogen and oxygen atoms in total. The molecule has 0 heterocycles. The van der Waals surface area contributed by atoms with Crippen LogP contribution in [-0.4, -0.2) is 30.4 Å².